The van der Waals surface area contributed by atoms with Crippen molar-refractivity contribution in [1.29, 1.82) is 0 Å². The Labute approximate surface area is 167 Å². The molecule has 7 nitrogen and oxygen atoms in total. The van der Waals surface area contributed by atoms with Crippen LogP contribution in [-0.4, -0.2) is 39.0 Å². The molecule has 27 heavy (non-hydrogen) atoms. The number of anilines is 1. The SMILES string of the molecule is C=CCn1c(CC)nnc1SCC(=O)Nc1sc(CC)cc1C(=O)OCC. The summed E-state index contributed by atoms with van der Waals surface area (Å²) in [4.78, 5) is 25.5. The number of ether oxygens (including phenoxy) is 1. The van der Waals surface area contributed by atoms with Gasteiger partial charge in [-0.1, -0.05) is 31.7 Å². The van der Waals surface area contributed by atoms with E-state index in [1.54, 1.807) is 19.1 Å². The van der Waals surface area contributed by atoms with Crippen molar-refractivity contribution in [3.8, 4) is 0 Å². The molecule has 1 amide bonds. The third-order valence-electron chi connectivity index (χ3n) is 3.63. The highest BCUT2D eigenvalue weighted by Crippen LogP contribution is 2.29. The summed E-state index contributed by atoms with van der Waals surface area (Å²) in [6.07, 6.45) is 3.31. The molecule has 146 valence electrons. The maximum absolute atomic E-state index is 12.4. The van der Waals surface area contributed by atoms with Crippen LogP contribution in [0.4, 0.5) is 5.00 Å². The van der Waals surface area contributed by atoms with Gasteiger partial charge in [0.2, 0.25) is 5.91 Å². The second-order valence-electron chi connectivity index (χ2n) is 5.52. The van der Waals surface area contributed by atoms with Gasteiger partial charge in [-0.25, -0.2) is 4.79 Å². The normalized spacial score (nSPS) is 10.6. The fraction of sp³-hybridized carbons (Fsp3) is 0.444. The molecule has 0 aliphatic carbocycles. The molecule has 1 N–H and O–H groups in total. The van der Waals surface area contributed by atoms with Crippen molar-refractivity contribution in [2.75, 3.05) is 17.7 Å². The first-order chi connectivity index (χ1) is 13.0. The molecule has 9 heteroatoms. The third-order valence-corrected chi connectivity index (χ3v) is 5.80. The van der Waals surface area contributed by atoms with Crippen LogP contribution >= 0.6 is 23.1 Å². The van der Waals surface area contributed by atoms with Crippen molar-refractivity contribution in [2.24, 2.45) is 0 Å². The number of thioether (sulfide) groups is 1. The van der Waals surface area contributed by atoms with Gasteiger partial charge in [0.05, 0.1) is 17.9 Å². The highest BCUT2D eigenvalue weighted by atomic mass is 32.2. The molecule has 0 fully saturated rings. The molecule has 0 radical (unpaired) electrons. The van der Waals surface area contributed by atoms with Gasteiger partial charge in [-0.05, 0) is 19.4 Å². The van der Waals surface area contributed by atoms with E-state index in [1.165, 1.54) is 23.1 Å². The molecular weight excluding hydrogens is 384 g/mol. The fourth-order valence-corrected chi connectivity index (χ4v) is 4.13. The van der Waals surface area contributed by atoms with Gasteiger partial charge in [0, 0.05) is 17.8 Å². The van der Waals surface area contributed by atoms with E-state index in [0.29, 0.717) is 22.3 Å². The Morgan fingerprint density at radius 2 is 2.11 bits per heavy atom. The summed E-state index contributed by atoms with van der Waals surface area (Å²) < 4.78 is 7.02. The van der Waals surface area contributed by atoms with Crippen LogP contribution in [0.2, 0.25) is 0 Å². The predicted molar refractivity (Wildman–Crippen MR) is 109 cm³/mol. The van der Waals surface area contributed by atoms with Gasteiger partial charge >= 0.3 is 5.97 Å². The number of aryl methyl sites for hydroxylation is 2. The first-order valence-corrected chi connectivity index (χ1v) is 10.6. The van der Waals surface area contributed by atoms with Crippen molar-refractivity contribution in [1.82, 2.24) is 14.8 Å². The number of nitrogens with one attached hydrogen (secondary N) is 1. The topological polar surface area (TPSA) is 86.1 Å². The van der Waals surface area contributed by atoms with Gasteiger partial charge in [-0.2, -0.15) is 0 Å². The van der Waals surface area contributed by atoms with Crippen LogP contribution < -0.4 is 5.32 Å². The minimum absolute atomic E-state index is 0.167. The zero-order valence-corrected chi connectivity index (χ0v) is 17.4. The zero-order valence-electron chi connectivity index (χ0n) is 15.8. The first kappa shape index (κ1) is 21.2. The molecule has 0 aliphatic heterocycles. The van der Waals surface area contributed by atoms with Crippen molar-refractivity contribution in [2.45, 2.75) is 45.3 Å². The average Bonchev–Trinajstić information content (AvgIpc) is 3.24. The molecule has 0 spiro atoms. The van der Waals surface area contributed by atoms with E-state index in [1.807, 2.05) is 18.4 Å². The van der Waals surface area contributed by atoms with Gasteiger partial charge < -0.3 is 14.6 Å². The molecule has 2 aromatic heterocycles. The number of nitrogens with zero attached hydrogens (tertiary/aromatic N) is 3. The molecule has 0 bridgehead atoms. The third kappa shape index (κ3) is 5.43. The summed E-state index contributed by atoms with van der Waals surface area (Å²) in [6.45, 7) is 10.4. The van der Waals surface area contributed by atoms with Crippen molar-refractivity contribution in [3.05, 3.63) is 35.0 Å². The Bertz CT molecular complexity index is 814. The summed E-state index contributed by atoms with van der Waals surface area (Å²) in [5, 5.41) is 12.3. The second kappa shape index (κ2) is 10.3. The lowest BCUT2D eigenvalue weighted by molar-refractivity contribution is -0.113. The standard InChI is InChI=1S/C18H24N4O3S2/c1-5-9-22-14(7-3)20-21-18(22)26-11-15(23)19-16-13(17(24)25-8-4)10-12(6-2)27-16/h5,10H,1,6-9,11H2,2-4H3,(H,19,23). The molecular formula is C18H24N4O3S2. The van der Waals surface area contributed by atoms with E-state index >= 15 is 0 Å². The minimum atomic E-state index is -0.422. The van der Waals surface area contributed by atoms with Crippen LogP contribution in [-0.2, 0) is 28.9 Å². The van der Waals surface area contributed by atoms with Crippen LogP contribution in [0.25, 0.3) is 0 Å². The Balaban J connectivity index is 2.06. The molecule has 0 aliphatic rings. The Kier molecular flexibility index (Phi) is 8.05. The minimum Gasteiger partial charge on any atom is -0.462 e. The van der Waals surface area contributed by atoms with E-state index in [0.717, 1.165) is 23.5 Å². The molecule has 2 aromatic rings. The van der Waals surface area contributed by atoms with Crippen LogP contribution in [0.5, 0.6) is 0 Å². The summed E-state index contributed by atoms with van der Waals surface area (Å²) in [7, 11) is 0. The largest absolute Gasteiger partial charge is 0.462 e. The number of thiophene rings is 1. The highest BCUT2D eigenvalue weighted by Gasteiger charge is 2.19. The summed E-state index contributed by atoms with van der Waals surface area (Å²) in [5.74, 6) is 0.393. The summed E-state index contributed by atoms with van der Waals surface area (Å²) >= 11 is 2.70. The van der Waals surface area contributed by atoms with Crippen molar-refractivity contribution < 1.29 is 14.3 Å². The molecule has 0 unspecified atom stereocenters. The fourth-order valence-electron chi connectivity index (χ4n) is 2.36. The monoisotopic (exact) mass is 408 g/mol. The Morgan fingerprint density at radius 1 is 1.33 bits per heavy atom. The van der Waals surface area contributed by atoms with Crippen molar-refractivity contribution in [3.63, 3.8) is 0 Å². The van der Waals surface area contributed by atoms with Crippen LogP contribution in [0.3, 0.4) is 0 Å². The smallest absolute Gasteiger partial charge is 0.341 e. The number of esters is 1. The molecule has 0 saturated heterocycles. The van der Waals surface area contributed by atoms with Crippen LogP contribution in [0.1, 0.15) is 41.8 Å². The molecule has 2 heterocycles. The number of hydrogen-bond acceptors (Lipinski definition) is 7. The number of allylic oxidation sites excluding steroid dienone is 1. The zero-order chi connectivity index (χ0) is 19.8. The lowest BCUT2D eigenvalue weighted by Crippen LogP contribution is -2.16. The molecule has 0 aromatic carbocycles. The number of aromatic nitrogens is 3. The lowest BCUT2D eigenvalue weighted by atomic mass is 10.2. The van der Waals surface area contributed by atoms with Gasteiger partial charge in [0.15, 0.2) is 5.16 Å². The van der Waals surface area contributed by atoms with E-state index in [-0.39, 0.29) is 18.3 Å². The van der Waals surface area contributed by atoms with E-state index < -0.39 is 5.97 Å². The van der Waals surface area contributed by atoms with Gasteiger partial charge in [0.1, 0.15) is 10.8 Å². The molecule has 0 saturated carbocycles. The maximum Gasteiger partial charge on any atom is 0.341 e. The van der Waals surface area contributed by atoms with Crippen LogP contribution in [0, 0.1) is 0 Å². The Hall–Kier alpha value is -2.13. The number of carbonyl (C=O) groups is 2. The van der Waals surface area contributed by atoms with Gasteiger partial charge in [-0.3, -0.25) is 4.79 Å². The summed E-state index contributed by atoms with van der Waals surface area (Å²) in [5.41, 5.74) is 0.403. The van der Waals surface area contributed by atoms with E-state index in [9.17, 15) is 9.59 Å². The number of carbonyl (C=O) groups excluding carboxylic acids is 2. The van der Waals surface area contributed by atoms with Gasteiger partial charge in [-0.15, -0.1) is 28.1 Å². The Morgan fingerprint density at radius 3 is 2.74 bits per heavy atom. The average molecular weight is 409 g/mol. The van der Waals surface area contributed by atoms with Crippen molar-refractivity contribution >= 4 is 40.0 Å². The lowest BCUT2D eigenvalue weighted by Gasteiger charge is -2.07. The second-order valence-corrected chi connectivity index (χ2v) is 7.60. The quantitative estimate of drug-likeness (QED) is 0.367. The van der Waals surface area contributed by atoms with E-state index in [2.05, 4.69) is 22.1 Å². The number of amides is 1. The molecule has 2 rings (SSSR count). The molecule has 0 atom stereocenters. The van der Waals surface area contributed by atoms with Gasteiger partial charge in [0.25, 0.3) is 0 Å². The first-order valence-electron chi connectivity index (χ1n) is 8.79. The number of rotatable bonds is 10. The highest BCUT2D eigenvalue weighted by molar-refractivity contribution is 7.99. The maximum atomic E-state index is 12.4. The van der Waals surface area contributed by atoms with E-state index in [4.69, 9.17) is 4.74 Å². The number of hydrogen-bond donors (Lipinski definition) is 1. The summed E-state index contributed by atoms with van der Waals surface area (Å²) in [6, 6.07) is 1.78. The van der Waals surface area contributed by atoms with Crippen LogP contribution in [0.15, 0.2) is 23.9 Å². The predicted octanol–water partition coefficient (Wildman–Crippen LogP) is 3.56.